The molecule has 1 N–H and O–H groups in total. The molecule has 0 saturated carbocycles. The number of nitro benzene ring substituents is 1. The zero-order valence-electron chi connectivity index (χ0n) is 11.2. The van der Waals surface area contributed by atoms with Crippen molar-refractivity contribution in [3.63, 3.8) is 0 Å². The van der Waals surface area contributed by atoms with Crippen LogP contribution >= 0.6 is 15.9 Å². The molecule has 0 aliphatic rings. The van der Waals surface area contributed by atoms with E-state index in [1.807, 2.05) is 6.92 Å². The molecule has 2 rings (SSSR count). The second kappa shape index (κ2) is 6.62. The van der Waals surface area contributed by atoms with Crippen LogP contribution in [0, 0.1) is 15.9 Å². The third kappa shape index (κ3) is 3.75. The molecule has 0 saturated heterocycles. The number of pyridine rings is 1. The van der Waals surface area contributed by atoms with Gasteiger partial charge in [0.2, 0.25) is 0 Å². The number of hydrogen-bond donors (Lipinski definition) is 1. The van der Waals surface area contributed by atoms with E-state index in [4.69, 9.17) is 0 Å². The summed E-state index contributed by atoms with van der Waals surface area (Å²) in [4.78, 5) is 14.7. The minimum Gasteiger partial charge on any atom is -0.371 e. The van der Waals surface area contributed by atoms with E-state index in [1.165, 1.54) is 12.1 Å². The fourth-order valence-corrected chi connectivity index (χ4v) is 2.29. The Morgan fingerprint density at radius 2 is 2.19 bits per heavy atom. The fraction of sp³-hybridized carbons (Fsp3) is 0.214. The zero-order valence-corrected chi connectivity index (χ0v) is 12.8. The maximum absolute atomic E-state index is 12.9. The summed E-state index contributed by atoms with van der Waals surface area (Å²) in [6, 6.07) is 7.46. The molecule has 0 fully saturated rings. The molecule has 0 spiro atoms. The molecule has 110 valence electrons. The lowest BCUT2D eigenvalue weighted by Gasteiger charge is -2.17. The van der Waals surface area contributed by atoms with Crippen LogP contribution in [0.5, 0.6) is 0 Å². The van der Waals surface area contributed by atoms with Crippen LogP contribution in [0.4, 0.5) is 15.8 Å². The average Bonchev–Trinajstić information content (AvgIpc) is 2.47. The van der Waals surface area contributed by atoms with Crippen LogP contribution in [0.3, 0.4) is 0 Å². The molecule has 21 heavy (non-hydrogen) atoms. The van der Waals surface area contributed by atoms with Crippen LogP contribution in [0.2, 0.25) is 0 Å². The van der Waals surface area contributed by atoms with Crippen molar-refractivity contribution >= 4 is 27.3 Å². The quantitative estimate of drug-likeness (QED) is 0.636. The van der Waals surface area contributed by atoms with Gasteiger partial charge in [0.25, 0.3) is 5.69 Å². The number of halogens is 2. The van der Waals surface area contributed by atoms with Gasteiger partial charge in [0.05, 0.1) is 22.9 Å². The van der Waals surface area contributed by atoms with Gasteiger partial charge in [-0.15, -0.1) is 0 Å². The Labute approximate surface area is 129 Å². The van der Waals surface area contributed by atoms with E-state index in [1.54, 1.807) is 18.2 Å². The summed E-state index contributed by atoms with van der Waals surface area (Å²) >= 11 is 3.21. The molecular formula is C14H13BrFN3O2. The summed E-state index contributed by atoms with van der Waals surface area (Å²) in [6.45, 7) is 1.92. The van der Waals surface area contributed by atoms with Crippen LogP contribution in [-0.2, 0) is 0 Å². The number of benzene rings is 1. The van der Waals surface area contributed by atoms with Crippen molar-refractivity contribution in [1.29, 1.82) is 0 Å². The molecule has 1 heterocycles. The van der Waals surface area contributed by atoms with Crippen molar-refractivity contribution in [2.45, 2.75) is 19.4 Å². The molecule has 0 bridgehead atoms. The zero-order chi connectivity index (χ0) is 15.4. The monoisotopic (exact) mass is 353 g/mol. The number of nitrogens with zero attached hydrogens (tertiary/aromatic N) is 2. The minimum atomic E-state index is -0.447. The van der Waals surface area contributed by atoms with Gasteiger partial charge < -0.3 is 5.32 Å². The molecule has 1 aromatic heterocycles. The Morgan fingerprint density at radius 3 is 2.76 bits per heavy atom. The third-order valence-corrected chi connectivity index (χ3v) is 3.49. The van der Waals surface area contributed by atoms with Gasteiger partial charge in [-0.2, -0.15) is 0 Å². The van der Waals surface area contributed by atoms with E-state index in [-0.39, 0.29) is 11.7 Å². The molecule has 1 atom stereocenters. The molecule has 0 amide bonds. The van der Waals surface area contributed by atoms with Crippen molar-refractivity contribution in [3.05, 3.63) is 62.6 Å². The molecule has 0 aliphatic heterocycles. The molecule has 5 nitrogen and oxygen atoms in total. The van der Waals surface area contributed by atoms with Crippen LogP contribution < -0.4 is 5.32 Å². The van der Waals surface area contributed by atoms with Gasteiger partial charge in [-0.1, -0.05) is 22.9 Å². The molecule has 1 unspecified atom stereocenters. The first kappa shape index (κ1) is 15.4. The van der Waals surface area contributed by atoms with Gasteiger partial charge in [-0.05, 0) is 30.7 Å². The average molecular weight is 354 g/mol. The van der Waals surface area contributed by atoms with Crippen LogP contribution in [0.15, 0.2) is 41.0 Å². The molecule has 7 heteroatoms. The van der Waals surface area contributed by atoms with Gasteiger partial charge in [0.1, 0.15) is 11.5 Å². The highest BCUT2D eigenvalue weighted by atomic mass is 79.9. The number of aromatic nitrogens is 1. The van der Waals surface area contributed by atoms with Gasteiger partial charge in [-0.25, -0.2) is 4.39 Å². The molecule has 2 aromatic rings. The van der Waals surface area contributed by atoms with Crippen LogP contribution in [-0.4, -0.2) is 9.91 Å². The molecule has 0 radical (unpaired) electrons. The van der Waals surface area contributed by atoms with Crippen molar-refractivity contribution in [1.82, 2.24) is 4.98 Å². The number of anilines is 1. The summed E-state index contributed by atoms with van der Waals surface area (Å²) in [6.07, 6.45) is 1.79. The lowest BCUT2D eigenvalue weighted by molar-refractivity contribution is -0.384. The Kier molecular flexibility index (Phi) is 4.85. The van der Waals surface area contributed by atoms with Crippen molar-refractivity contribution in [2.24, 2.45) is 0 Å². The summed E-state index contributed by atoms with van der Waals surface area (Å²) < 4.78 is 13.6. The van der Waals surface area contributed by atoms with E-state index >= 15 is 0 Å². The van der Waals surface area contributed by atoms with E-state index in [9.17, 15) is 14.5 Å². The smallest absolute Gasteiger partial charge is 0.293 e. The van der Waals surface area contributed by atoms with Crippen LogP contribution in [0.25, 0.3) is 0 Å². The first-order chi connectivity index (χ1) is 10.0. The lowest BCUT2D eigenvalue weighted by Crippen LogP contribution is -2.12. The highest BCUT2D eigenvalue weighted by Gasteiger charge is 2.18. The Hall–Kier alpha value is -2.02. The molecular weight excluding hydrogens is 341 g/mol. The third-order valence-electron chi connectivity index (χ3n) is 3.00. The highest BCUT2D eigenvalue weighted by Crippen LogP contribution is 2.31. The summed E-state index contributed by atoms with van der Waals surface area (Å²) in [7, 11) is 0. The number of rotatable bonds is 5. The predicted octanol–water partition coefficient (Wildman–Crippen LogP) is 4.45. The maximum atomic E-state index is 12.9. The lowest BCUT2D eigenvalue weighted by atomic mass is 10.1. The number of hydrogen-bond acceptors (Lipinski definition) is 4. The van der Waals surface area contributed by atoms with E-state index in [0.717, 1.165) is 6.20 Å². The molecule has 1 aromatic carbocycles. The first-order valence-electron chi connectivity index (χ1n) is 6.33. The fourth-order valence-electron chi connectivity index (χ4n) is 1.94. The standard InChI is InChI=1S/C14H13BrFN3O2/c1-2-11(12-6-4-10(16)8-17-12)18-13-5-3-9(15)7-14(13)19(20)21/h3-8,11,18H,2H2,1H3. The van der Waals surface area contributed by atoms with Gasteiger partial charge in [0.15, 0.2) is 0 Å². The molecule has 0 aliphatic carbocycles. The largest absolute Gasteiger partial charge is 0.371 e. The van der Waals surface area contributed by atoms with Crippen LogP contribution in [0.1, 0.15) is 25.1 Å². The summed E-state index contributed by atoms with van der Waals surface area (Å²) in [5.74, 6) is -0.414. The Morgan fingerprint density at radius 1 is 1.43 bits per heavy atom. The SMILES string of the molecule is CCC(Nc1ccc(Br)cc1[N+](=O)[O-])c1ccc(F)cn1. The van der Waals surface area contributed by atoms with E-state index < -0.39 is 10.7 Å². The van der Waals surface area contributed by atoms with E-state index in [0.29, 0.717) is 22.3 Å². The van der Waals surface area contributed by atoms with Gasteiger partial charge in [0, 0.05) is 10.5 Å². The number of nitro groups is 1. The second-order valence-electron chi connectivity index (χ2n) is 4.43. The highest BCUT2D eigenvalue weighted by molar-refractivity contribution is 9.10. The number of nitrogens with one attached hydrogen (secondary N) is 1. The van der Waals surface area contributed by atoms with E-state index in [2.05, 4.69) is 26.2 Å². The summed E-state index contributed by atoms with van der Waals surface area (Å²) in [5.41, 5.74) is 1.02. The van der Waals surface area contributed by atoms with Crippen molar-refractivity contribution in [3.8, 4) is 0 Å². The Bertz CT molecular complexity index is 649. The van der Waals surface area contributed by atoms with Crippen molar-refractivity contribution < 1.29 is 9.31 Å². The summed E-state index contributed by atoms with van der Waals surface area (Å²) in [5, 5.41) is 14.2. The topological polar surface area (TPSA) is 68.1 Å². The normalized spacial score (nSPS) is 12.0. The Balaban J connectivity index is 2.30. The van der Waals surface area contributed by atoms with Gasteiger partial charge >= 0.3 is 0 Å². The second-order valence-corrected chi connectivity index (χ2v) is 5.34. The van der Waals surface area contributed by atoms with Gasteiger partial charge in [-0.3, -0.25) is 15.1 Å². The van der Waals surface area contributed by atoms with Crippen molar-refractivity contribution in [2.75, 3.05) is 5.32 Å². The maximum Gasteiger partial charge on any atom is 0.293 e. The first-order valence-corrected chi connectivity index (χ1v) is 7.12. The minimum absolute atomic E-state index is 0.0232. The predicted molar refractivity (Wildman–Crippen MR) is 81.6 cm³/mol.